The number of carbonyl (C=O) groups excluding carboxylic acids is 2. The van der Waals surface area contributed by atoms with Crippen LogP contribution in [0.1, 0.15) is 51.7 Å². The number of carbonyl (C=O) groups is 2. The highest BCUT2D eigenvalue weighted by atomic mass is 16.2. The Bertz CT molecular complexity index is 715. The molecule has 0 unspecified atom stereocenters. The molecule has 2 N–H and O–H groups in total. The molecule has 0 spiro atoms. The maximum Gasteiger partial charge on any atom is 0.245 e. The molecule has 1 aromatic carbocycles. The fraction of sp³-hybridized carbons (Fsp3) is 0.583. The van der Waals surface area contributed by atoms with Crippen LogP contribution in [-0.2, 0) is 9.59 Å². The summed E-state index contributed by atoms with van der Waals surface area (Å²) in [5.74, 6) is 1.02. The van der Waals surface area contributed by atoms with E-state index in [9.17, 15) is 9.59 Å². The van der Waals surface area contributed by atoms with Crippen LogP contribution in [-0.4, -0.2) is 54.4 Å². The zero-order valence-electron chi connectivity index (χ0n) is 19.2. The largest absolute Gasteiger partial charge is 0.354 e. The molecule has 0 saturated heterocycles. The van der Waals surface area contributed by atoms with E-state index in [0.29, 0.717) is 24.8 Å². The number of nitrogens with one attached hydrogen (secondary N) is 2. The number of hydrogen-bond donors (Lipinski definition) is 2. The van der Waals surface area contributed by atoms with Crippen LogP contribution < -0.4 is 10.7 Å². The van der Waals surface area contributed by atoms with Crippen LogP contribution in [0, 0.1) is 18.8 Å². The Morgan fingerprint density at radius 1 is 1.13 bits per heavy atom. The van der Waals surface area contributed by atoms with Crippen LogP contribution in [0.2, 0.25) is 0 Å². The number of rotatable bonds is 11. The number of amides is 2. The molecule has 166 valence electrons. The van der Waals surface area contributed by atoms with E-state index >= 15 is 0 Å². The molecule has 2 rings (SSSR count). The molecule has 30 heavy (non-hydrogen) atoms. The minimum absolute atomic E-state index is 0.0176. The van der Waals surface area contributed by atoms with E-state index in [0.717, 1.165) is 37.3 Å². The van der Waals surface area contributed by atoms with E-state index in [4.69, 9.17) is 0 Å². The molecule has 0 bridgehead atoms. The van der Waals surface area contributed by atoms with Gasteiger partial charge in [0, 0.05) is 26.1 Å². The van der Waals surface area contributed by atoms with Crippen molar-refractivity contribution in [2.75, 3.05) is 32.7 Å². The molecule has 1 aromatic rings. The molecule has 0 aromatic heterocycles. The molecule has 6 heteroatoms. The first-order chi connectivity index (χ1) is 14.2. The summed E-state index contributed by atoms with van der Waals surface area (Å²) in [6, 6.07) is 8.10. The molecule has 1 aliphatic rings. The van der Waals surface area contributed by atoms with E-state index in [2.05, 4.69) is 43.3 Å². The number of nitrogens with zero attached hydrogens (tertiary/aromatic N) is 2. The summed E-state index contributed by atoms with van der Waals surface area (Å²) in [6.45, 7) is 14.7. The summed E-state index contributed by atoms with van der Waals surface area (Å²) < 4.78 is 0. The number of hydrazine groups is 1. The summed E-state index contributed by atoms with van der Waals surface area (Å²) in [6.07, 6.45) is 3.07. The molecule has 2 amide bonds. The van der Waals surface area contributed by atoms with E-state index in [1.54, 1.807) is 0 Å². The van der Waals surface area contributed by atoms with Crippen LogP contribution in [0.4, 0.5) is 0 Å². The fourth-order valence-corrected chi connectivity index (χ4v) is 3.62. The predicted octanol–water partition coefficient (Wildman–Crippen LogP) is 3.19. The monoisotopic (exact) mass is 414 g/mol. The highest BCUT2D eigenvalue weighted by Gasteiger charge is 2.22. The van der Waals surface area contributed by atoms with Crippen molar-refractivity contribution in [3.05, 3.63) is 41.5 Å². The van der Waals surface area contributed by atoms with Crippen LogP contribution in [0.25, 0.3) is 5.70 Å². The van der Waals surface area contributed by atoms with Gasteiger partial charge in [0.2, 0.25) is 11.8 Å². The minimum Gasteiger partial charge on any atom is -0.354 e. The van der Waals surface area contributed by atoms with Gasteiger partial charge in [-0.3, -0.25) is 15.0 Å². The second-order valence-corrected chi connectivity index (χ2v) is 9.03. The van der Waals surface area contributed by atoms with Crippen molar-refractivity contribution in [2.24, 2.45) is 11.8 Å². The molecule has 0 saturated carbocycles. The third-order valence-electron chi connectivity index (χ3n) is 4.92. The lowest BCUT2D eigenvalue weighted by atomic mass is 10.1. The van der Waals surface area contributed by atoms with Gasteiger partial charge < -0.3 is 10.2 Å². The average molecular weight is 415 g/mol. The van der Waals surface area contributed by atoms with Gasteiger partial charge in [0.1, 0.15) is 6.54 Å². The lowest BCUT2D eigenvalue weighted by Crippen LogP contribution is -2.49. The third kappa shape index (κ3) is 8.19. The molecule has 0 aliphatic carbocycles. The molecule has 1 aliphatic heterocycles. The summed E-state index contributed by atoms with van der Waals surface area (Å²) in [4.78, 5) is 27.1. The van der Waals surface area contributed by atoms with Crippen molar-refractivity contribution in [1.29, 1.82) is 0 Å². The first kappa shape index (κ1) is 23.9. The normalized spacial score (nSPS) is 14.3. The van der Waals surface area contributed by atoms with Crippen molar-refractivity contribution in [3.63, 3.8) is 0 Å². The van der Waals surface area contributed by atoms with Crippen molar-refractivity contribution in [1.82, 2.24) is 20.7 Å². The Hall–Kier alpha value is -2.34. The average Bonchev–Trinajstić information content (AvgIpc) is 2.66. The lowest BCUT2D eigenvalue weighted by molar-refractivity contribution is -0.137. The van der Waals surface area contributed by atoms with Gasteiger partial charge in [0.05, 0.1) is 5.70 Å². The first-order valence-corrected chi connectivity index (χ1v) is 11.1. The van der Waals surface area contributed by atoms with Crippen molar-refractivity contribution in [2.45, 2.75) is 47.5 Å². The molecule has 6 nitrogen and oxygen atoms in total. The van der Waals surface area contributed by atoms with Gasteiger partial charge in [0.15, 0.2) is 0 Å². The van der Waals surface area contributed by atoms with Crippen LogP contribution >= 0.6 is 0 Å². The zero-order valence-corrected chi connectivity index (χ0v) is 19.2. The van der Waals surface area contributed by atoms with Crippen LogP contribution in [0.5, 0.6) is 0 Å². The number of hydrogen-bond acceptors (Lipinski definition) is 4. The SMILES string of the molecule is Cc1ccc(C2=CCC(=O)N(CC(=O)NCCCN(CC(C)C)CC(C)C)N2)cc1. The van der Waals surface area contributed by atoms with Gasteiger partial charge in [-0.1, -0.05) is 57.5 Å². The quantitative estimate of drug-likeness (QED) is 0.546. The van der Waals surface area contributed by atoms with Crippen molar-refractivity contribution < 1.29 is 9.59 Å². The van der Waals surface area contributed by atoms with E-state index in [-0.39, 0.29) is 18.4 Å². The highest BCUT2D eigenvalue weighted by molar-refractivity contribution is 5.88. The van der Waals surface area contributed by atoms with Crippen LogP contribution in [0.15, 0.2) is 30.3 Å². The van der Waals surface area contributed by atoms with Gasteiger partial charge >= 0.3 is 0 Å². The Morgan fingerprint density at radius 2 is 1.77 bits per heavy atom. The molecule has 0 atom stereocenters. The summed E-state index contributed by atoms with van der Waals surface area (Å²) in [5.41, 5.74) is 6.15. The predicted molar refractivity (Wildman–Crippen MR) is 122 cm³/mol. The van der Waals surface area contributed by atoms with E-state index in [1.165, 1.54) is 10.6 Å². The first-order valence-electron chi connectivity index (χ1n) is 11.1. The summed E-state index contributed by atoms with van der Waals surface area (Å²) >= 11 is 0. The maximum absolute atomic E-state index is 12.4. The third-order valence-corrected chi connectivity index (χ3v) is 4.92. The summed E-state index contributed by atoms with van der Waals surface area (Å²) in [5, 5.41) is 4.37. The van der Waals surface area contributed by atoms with Gasteiger partial charge in [-0.25, -0.2) is 5.01 Å². The smallest absolute Gasteiger partial charge is 0.245 e. The minimum atomic E-state index is -0.139. The van der Waals surface area contributed by atoms with Gasteiger partial charge in [-0.15, -0.1) is 0 Å². The van der Waals surface area contributed by atoms with Gasteiger partial charge in [-0.05, 0) is 43.4 Å². The topological polar surface area (TPSA) is 64.7 Å². The Labute approximate surface area is 181 Å². The van der Waals surface area contributed by atoms with Crippen LogP contribution in [0.3, 0.4) is 0 Å². The Kier molecular flexibility index (Phi) is 9.37. The van der Waals surface area contributed by atoms with Gasteiger partial charge in [-0.2, -0.15) is 0 Å². The maximum atomic E-state index is 12.4. The Balaban J connectivity index is 1.77. The van der Waals surface area contributed by atoms with Gasteiger partial charge in [0.25, 0.3) is 0 Å². The summed E-state index contributed by atoms with van der Waals surface area (Å²) in [7, 11) is 0. The molecule has 0 radical (unpaired) electrons. The number of benzene rings is 1. The second-order valence-electron chi connectivity index (χ2n) is 9.03. The molecular weight excluding hydrogens is 376 g/mol. The van der Waals surface area contributed by atoms with Crippen molar-refractivity contribution in [3.8, 4) is 0 Å². The molecular formula is C24H38N4O2. The molecule has 1 heterocycles. The number of aryl methyl sites for hydroxylation is 1. The lowest BCUT2D eigenvalue weighted by Gasteiger charge is -2.29. The van der Waals surface area contributed by atoms with E-state index < -0.39 is 0 Å². The molecule has 0 fully saturated rings. The van der Waals surface area contributed by atoms with Crippen molar-refractivity contribution >= 4 is 17.5 Å². The fourth-order valence-electron chi connectivity index (χ4n) is 3.62. The highest BCUT2D eigenvalue weighted by Crippen LogP contribution is 2.17. The zero-order chi connectivity index (χ0) is 22.1. The standard InChI is InChI=1S/C24H38N4O2/c1-18(2)15-27(16-19(3)4)14-6-13-25-23(29)17-28-24(30)12-11-22(26-28)21-9-7-20(5)8-10-21/h7-11,18-19,26H,6,12-17H2,1-5H3,(H,25,29). The second kappa shape index (κ2) is 11.7. The Morgan fingerprint density at radius 3 is 2.37 bits per heavy atom. The van der Waals surface area contributed by atoms with E-state index in [1.807, 2.05) is 37.3 Å².